The summed E-state index contributed by atoms with van der Waals surface area (Å²) >= 11 is 0. The number of rotatable bonds is 2. The Morgan fingerprint density at radius 1 is 1.36 bits per heavy atom. The molecule has 0 saturated heterocycles. The van der Waals surface area contributed by atoms with Crippen molar-refractivity contribution in [2.24, 2.45) is 0 Å². The SMILES string of the molecule is Cc1ccn2ncc(C(=O)N3CCOc4ccccc4C3CO)c2c1. The summed E-state index contributed by atoms with van der Waals surface area (Å²) in [6, 6.07) is 11.0. The number of para-hydroxylation sites is 1. The summed E-state index contributed by atoms with van der Waals surface area (Å²) in [6.45, 7) is 2.61. The molecule has 128 valence electrons. The molecule has 6 heteroatoms. The molecule has 1 atom stereocenters. The van der Waals surface area contributed by atoms with Crippen LogP contribution in [0.2, 0.25) is 0 Å². The van der Waals surface area contributed by atoms with Crippen molar-refractivity contribution < 1.29 is 14.6 Å². The van der Waals surface area contributed by atoms with Gasteiger partial charge in [0.1, 0.15) is 12.4 Å². The van der Waals surface area contributed by atoms with E-state index in [-0.39, 0.29) is 12.5 Å². The summed E-state index contributed by atoms with van der Waals surface area (Å²) in [4.78, 5) is 14.9. The fraction of sp³-hybridized carbons (Fsp3) is 0.263. The molecule has 0 fully saturated rings. The third-order valence-corrected chi connectivity index (χ3v) is 4.59. The highest BCUT2D eigenvalue weighted by atomic mass is 16.5. The Bertz CT molecular complexity index is 935. The van der Waals surface area contributed by atoms with E-state index in [1.165, 1.54) is 0 Å². The fourth-order valence-corrected chi connectivity index (χ4v) is 3.31. The van der Waals surface area contributed by atoms with Crippen LogP contribution in [-0.4, -0.2) is 45.3 Å². The van der Waals surface area contributed by atoms with Gasteiger partial charge in [0, 0.05) is 11.8 Å². The van der Waals surface area contributed by atoms with Gasteiger partial charge in [-0.25, -0.2) is 4.52 Å². The van der Waals surface area contributed by atoms with Crippen LogP contribution in [0.3, 0.4) is 0 Å². The Labute approximate surface area is 145 Å². The van der Waals surface area contributed by atoms with Crippen LogP contribution in [0, 0.1) is 6.92 Å². The van der Waals surface area contributed by atoms with Gasteiger partial charge in [-0.15, -0.1) is 0 Å². The second-order valence-electron chi connectivity index (χ2n) is 6.18. The third kappa shape index (κ3) is 2.64. The number of aryl methyl sites for hydroxylation is 1. The number of amides is 1. The maximum Gasteiger partial charge on any atom is 0.258 e. The number of aliphatic hydroxyl groups is 1. The van der Waals surface area contributed by atoms with Gasteiger partial charge in [0.25, 0.3) is 5.91 Å². The molecule has 6 nitrogen and oxygen atoms in total. The van der Waals surface area contributed by atoms with Gasteiger partial charge in [-0.3, -0.25) is 4.79 Å². The van der Waals surface area contributed by atoms with Crippen LogP contribution in [-0.2, 0) is 0 Å². The number of nitrogens with zero attached hydrogens (tertiary/aromatic N) is 3. The minimum absolute atomic E-state index is 0.153. The van der Waals surface area contributed by atoms with Crippen LogP contribution < -0.4 is 4.74 Å². The monoisotopic (exact) mass is 337 g/mol. The summed E-state index contributed by atoms with van der Waals surface area (Å²) in [7, 11) is 0. The molecule has 1 aliphatic rings. The van der Waals surface area contributed by atoms with Gasteiger partial charge in [0.15, 0.2) is 0 Å². The molecule has 0 bridgehead atoms. The highest BCUT2D eigenvalue weighted by Crippen LogP contribution is 2.32. The number of pyridine rings is 1. The van der Waals surface area contributed by atoms with Crippen LogP contribution in [0.1, 0.15) is 27.5 Å². The number of benzene rings is 1. The largest absolute Gasteiger partial charge is 0.491 e. The van der Waals surface area contributed by atoms with Crippen LogP contribution in [0.25, 0.3) is 5.52 Å². The van der Waals surface area contributed by atoms with Gasteiger partial charge < -0.3 is 14.7 Å². The molecule has 4 rings (SSSR count). The van der Waals surface area contributed by atoms with Gasteiger partial charge in [-0.05, 0) is 30.7 Å². The van der Waals surface area contributed by atoms with Crippen molar-refractivity contribution in [3.8, 4) is 5.75 Å². The zero-order chi connectivity index (χ0) is 17.4. The first-order valence-electron chi connectivity index (χ1n) is 8.26. The molecule has 1 aliphatic heterocycles. The molecule has 0 saturated carbocycles. The highest BCUT2D eigenvalue weighted by molar-refractivity contribution is 6.01. The van der Waals surface area contributed by atoms with Crippen molar-refractivity contribution >= 4 is 11.4 Å². The average Bonchev–Trinajstić information content (AvgIpc) is 2.94. The number of carbonyl (C=O) groups is 1. The lowest BCUT2D eigenvalue weighted by molar-refractivity contribution is 0.0587. The lowest BCUT2D eigenvalue weighted by Crippen LogP contribution is -2.37. The van der Waals surface area contributed by atoms with E-state index in [4.69, 9.17) is 4.74 Å². The average molecular weight is 337 g/mol. The van der Waals surface area contributed by atoms with Crippen molar-refractivity contribution in [3.05, 3.63) is 65.5 Å². The van der Waals surface area contributed by atoms with E-state index in [9.17, 15) is 9.90 Å². The van der Waals surface area contributed by atoms with E-state index in [0.29, 0.717) is 24.5 Å². The van der Waals surface area contributed by atoms with Crippen molar-refractivity contribution in [2.45, 2.75) is 13.0 Å². The standard InChI is InChI=1S/C19H19N3O3/c1-13-6-7-22-16(10-13)15(11-20-22)19(24)21-8-9-25-18-5-3-2-4-14(18)17(21)12-23/h2-7,10-11,17,23H,8-9,12H2,1H3. The topological polar surface area (TPSA) is 67.1 Å². The molecule has 0 spiro atoms. The number of fused-ring (bicyclic) bond motifs is 2. The smallest absolute Gasteiger partial charge is 0.258 e. The lowest BCUT2D eigenvalue weighted by Gasteiger charge is -2.28. The molecule has 2 aromatic heterocycles. The fourth-order valence-electron chi connectivity index (χ4n) is 3.31. The third-order valence-electron chi connectivity index (χ3n) is 4.59. The summed E-state index contributed by atoms with van der Waals surface area (Å²) in [5, 5.41) is 14.2. The predicted molar refractivity (Wildman–Crippen MR) is 92.7 cm³/mol. The molecule has 0 radical (unpaired) electrons. The van der Waals surface area contributed by atoms with Crippen LogP contribution >= 0.6 is 0 Å². The molecule has 1 N–H and O–H groups in total. The summed E-state index contributed by atoms with van der Waals surface area (Å²) in [5.41, 5.74) is 3.18. The Morgan fingerprint density at radius 3 is 3.04 bits per heavy atom. The van der Waals surface area contributed by atoms with Crippen molar-refractivity contribution in [1.82, 2.24) is 14.5 Å². The van der Waals surface area contributed by atoms with E-state index in [2.05, 4.69) is 5.10 Å². The molecule has 1 amide bonds. The number of hydrogen-bond donors (Lipinski definition) is 1. The van der Waals surface area contributed by atoms with Gasteiger partial charge in [-0.1, -0.05) is 18.2 Å². The minimum atomic E-state index is -0.439. The van der Waals surface area contributed by atoms with E-state index >= 15 is 0 Å². The molecular formula is C19H19N3O3. The maximum absolute atomic E-state index is 13.2. The van der Waals surface area contributed by atoms with Crippen LogP contribution in [0.5, 0.6) is 5.75 Å². The second kappa shape index (κ2) is 6.22. The molecule has 25 heavy (non-hydrogen) atoms. The van der Waals surface area contributed by atoms with E-state index < -0.39 is 6.04 Å². The van der Waals surface area contributed by atoms with Gasteiger partial charge in [0.05, 0.1) is 36.5 Å². The Balaban J connectivity index is 1.77. The first kappa shape index (κ1) is 15.7. The Hall–Kier alpha value is -2.86. The molecule has 3 aromatic rings. The van der Waals surface area contributed by atoms with Crippen molar-refractivity contribution in [3.63, 3.8) is 0 Å². The number of aromatic nitrogens is 2. The highest BCUT2D eigenvalue weighted by Gasteiger charge is 2.31. The van der Waals surface area contributed by atoms with E-state index in [0.717, 1.165) is 16.6 Å². The van der Waals surface area contributed by atoms with E-state index in [1.54, 1.807) is 15.6 Å². The number of ether oxygens (including phenoxy) is 1. The van der Waals surface area contributed by atoms with Gasteiger partial charge in [-0.2, -0.15) is 5.10 Å². The van der Waals surface area contributed by atoms with E-state index in [1.807, 2.05) is 49.5 Å². The van der Waals surface area contributed by atoms with Crippen LogP contribution in [0.15, 0.2) is 48.8 Å². The minimum Gasteiger partial charge on any atom is -0.491 e. The predicted octanol–water partition coefficient (Wildman–Crippen LogP) is 2.21. The molecular weight excluding hydrogens is 318 g/mol. The molecule has 0 aliphatic carbocycles. The summed E-state index contributed by atoms with van der Waals surface area (Å²) in [6.07, 6.45) is 3.43. The normalized spacial score (nSPS) is 17.0. The zero-order valence-corrected chi connectivity index (χ0v) is 13.9. The quantitative estimate of drug-likeness (QED) is 0.778. The molecule has 1 aromatic carbocycles. The Morgan fingerprint density at radius 2 is 2.20 bits per heavy atom. The van der Waals surface area contributed by atoms with Gasteiger partial charge in [0.2, 0.25) is 0 Å². The summed E-state index contributed by atoms with van der Waals surface area (Å²) < 4.78 is 7.45. The maximum atomic E-state index is 13.2. The van der Waals surface area contributed by atoms with Gasteiger partial charge >= 0.3 is 0 Å². The summed E-state index contributed by atoms with van der Waals surface area (Å²) in [5.74, 6) is 0.563. The molecule has 1 unspecified atom stereocenters. The molecule has 3 heterocycles. The van der Waals surface area contributed by atoms with Crippen molar-refractivity contribution in [2.75, 3.05) is 19.8 Å². The first-order chi connectivity index (χ1) is 12.2. The Kier molecular flexibility index (Phi) is 3.89. The van der Waals surface area contributed by atoms with Crippen molar-refractivity contribution in [1.29, 1.82) is 0 Å². The first-order valence-corrected chi connectivity index (χ1v) is 8.26. The zero-order valence-electron chi connectivity index (χ0n) is 13.9. The second-order valence-corrected chi connectivity index (χ2v) is 6.18. The number of aliphatic hydroxyl groups excluding tert-OH is 1. The van der Waals surface area contributed by atoms with Crippen LogP contribution in [0.4, 0.5) is 0 Å². The lowest BCUT2D eigenvalue weighted by atomic mass is 10.0. The number of carbonyl (C=O) groups excluding carboxylic acids is 1. The number of hydrogen-bond acceptors (Lipinski definition) is 4.